The molecule has 0 spiro atoms. The second-order valence-electron chi connectivity index (χ2n) is 4.51. The second kappa shape index (κ2) is 7.58. The van der Waals surface area contributed by atoms with Crippen LogP contribution in [0.15, 0.2) is 57.9 Å². The van der Waals surface area contributed by atoms with Crippen molar-refractivity contribution in [2.45, 2.75) is 4.90 Å². The Labute approximate surface area is 142 Å². The third kappa shape index (κ3) is 5.34. The summed E-state index contributed by atoms with van der Waals surface area (Å²) < 4.78 is 33.5. The van der Waals surface area contributed by atoms with Crippen LogP contribution in [0.5, 0.6) is 5.75 Å². The summed E-state index contributed by atoms with van der Waals surface area (Å²) in [6.07, 6.45) is 0. The Balaban J connectivity index is 1.79. The van der Waals surface area contributed by atoms with Gasteiger partial charge in [0.1, 0.15) is 19.0 Å². The summed E-state index contributed by atoms with van der Waals surface area (Å²) >= 11 is 3.28. The zero-order valence-electron chi connectivity index (χ0n) is 11.9. The number of esters is 1. The van der Waals surface area contributed by atoms with Crippen LogP contribution in [0.3, 0.4) is 0 Å². The number of halogens is 1. The average molecular weight is 400 g/mol. The maximum Gasteiger partial charge on any atom is 0.338 e. The Kier molecular flexibility index (Phi) is 5.75. The zero-order valence-corrected chi connectivity index (χ0v) is 14.3. The molecule has 0 aliphatic carbocycles. The lowest BCUT2D eigenvalue weighted by atomic mass is 10.2. The minimum absolute atomic E-state index is 0.00603. The first kappa shape index (κ1) is 17.5. The molecular formula is C15H14BrNO5S. The first-order valence-corrected chi connectivity index (χ1v) is 8.88. The van der Waals surface area contributed by atoms with E-state index in [1.165, 1.54) is 24.3 Å². The smallest absolute Gasteiger partial charge is 0.338 e. The highest BCUT2D eigenvalue weighted by Gasteiger charge is 2.08. The summed E-state index contributed by atoms with van der Waals surface area (Å²) in [6.45, 7) is 0.225. The first-order chi connectivity index (χ1) is 10.9. The predicted molar refractivity (Wildman–Crippen MR) is 87.7 cm³/mol. The van der Waals surface area contributed by atoms with E-state index in [-0.39, 0.29) is 18.1 Å². The molecule has 0 aromatic heterocycles. The summed E-state index contributed by atoms with van der Waals surface area (Å²) in [5.41, 5.74) is 0.450. The van der Waals surface area contributed by atoms with E-state index in [1.807, 2.05) is 0 Å². The van der Waals surface area contributed by atoms with E-state index in [4.69, 9.17) is 14.6 Å². The van der Waals surface area contributed by atoms with E-state index < -0.39 is 16.0 Å². The number of carbonyl (C=O) groups excluding carboxylic acids is 1. The van der Waals surface area contributed by atoms with Crippen molar-refractivity contribution in [1.29, 1.82) is 0 Å². The lowest BCUT2D eigenvalue weighted by Crippen LogP contribution is -2.13. The normalized spacial score (nSPS) is 11.0. The van der Waals surface area contributed by atoms with Crippen LogP contribution >= 0.6 is 15.9 Å². The molecule has 0 saturated carbocycles. The summed E-state index contributed by atoms with van der Waals surface area (Å²) in [4.78, 5) is 11.8. The van der Waals surface area contributed by atoms with Crippen molar-refractivity contribution in [2.75, 3.05) is 13.2 Å². The second-order valence-corrected chi connectivity index (χ2v) is 6.98. The highest BCUT2D eigenvalue weighted by Crippen LogP contribution is 2.15. The molecular weight excluding hydrogens is 386 g/mol. The molecule has 2 aromatic rings. The lowest BCUT2D eigenvalue weighted by molar-refractivity contribution is 0.0450. The first-order valence-electron chi connectivity index (χ1n) is 6.54. The minimum Gasteiger partial charge on any atom is -0.490 e. The van der Waals surface area contributed by atoms with Crippen molar-refractivity contribution < 1.29 is 22.7 Å². The van der Waals surface area contributed by atoms with Crippen molar-refractivity contribution in [1.82, 2.24) is 0 Å². The Hall–Kier alpha value is -1.90. The number of benzene rings is 2. The molecule has 0 radical (unpaired) electrons. The zero-order chi connectivity index (χ0) is 16.9. The molecule has 0 atom stereocenters. The van der Waals surface area contributed by atoms with Crippen LogP contribution < -0.4 is 9.88 Å². The molecule has 0 saturated heterocycles. The molecule has 23 heavy (non-hydrogen) atoms. The fraction of sp³-hybridized carbons (Fsp3) is 0.133. The van der Waals surface area contributed by atoms with Gasteiger partial charge in [0, 0.05) is 4.47 Å². The average Bonchev–Trinajstić information content (AvgIpc) is 2.51. The third-order valence-corrected chi connectivity index (χ3v) is 4.28. The molecule has 2 rings (SSSR count). The summed E-state index contributed by atoms with van der Waals surface area (Å²) in [6, 6.07) is 12.5. The van der Waals surface area contributed by atoms with Crippen LogP contribution in [0.4, 0.5) is 0 Å². The van der Waals surface area contributed by atoms with Gasteiger partial charge in [-0.05, 0) is 48.5 Å². The van der Waals surface area contributed by atoms with Gasteiger partial charge in [0.2, 0.25) is 10.0 Å². The van der Waals surface area contributed by atoms with Crippen LogP contribution in [-0.4, -0.2) is 27.6 Å². The number of primary sulfonamides is 1. The largest absolute Gasteiger partial charge is 0.490 e. The van der Waals surface area contributed by atoms with Gasteiger partial charge in [0.05, 0.1) is 10.5 Å². The maximum atomic E-state index is 11.7. The van der Waals surface area contributed by atoms with Crippen molar-refractivity contribution in [2.24, 2.45) is 5.14 Å². The van der Waals surface area contributed by atoms with Crippen LogP contribution in [0, 0.1) is 0 Å². The standard InChI is InChI=1S/C15H14BrNO5S/c16-12-3-1-11(2-4-12)15(18)22-10-9-21-13-5-7-14(8-6-13)23(17,19)20/h1-8H,9-10H2,(H2,17,19,20). The fourth-order valence-corrected chi connectivity index (χ4v) is 2.47. The molecule has 2 N–H and O–H groups in total. The fourth-order valence-electron chi connectivity index (χ4n) is 1.69. The monoisotopic (exact) mass is 399 g/mol. The van der Waals surface area contributed by atoms with Gasteiger partial charge in [-0.2, -0.15) is 0 Å². The maximum absolute atomic E-state index is 11.7. The van der Waals surface area contributed by atoms with Gasteiger partial charge in [-0.25, -0.2) is 18.4 Å². The molecule has 0 heterocycles. The van der Waals surface area contributed by atoms with Crippen LogP contribution in [0.25, 0.3) is 0 Å². The molecule has 8 heteroatoms. The van der Waals surface area contributed by atoms with Gasteiger partial charge in [-0.15, -0.1) is 0 Å². The van der Waals surface area contributed by atoms with Crippen LogP contribution in [0.2, 0.25) is 0 Å². The molecule has 0 amide bonds. The van der Waals surface area contributed by atoms with Gasteiger partial charge in [0.25, 0.3) is 0 Å². The Morgan fingerprint density at radius 3 is 2.17 bits per heavy atom. The number of hydrogen-bond donors (Lipinski definition) is 1. The van der Waals surface area contributed by atoms with Crippen LogP contribution in [0.1, 0.15) is 10.4 Å². The minimum atomic E-state index is -3.72. The van der Waals surface area contributed by atoms with E-state index in [9.17, 15) is 13.2 Å². The summed E-state index contributed by atoms with van der Waals surface area (Å²) in [7, 11) is -3.72. The number of ether oxygens (including phenoxy) is 2. The number of hydrogen-bond acceptors (Lipinski definition) is 5. The topological polar surface area (TPSA) is 95.7 Å². The Bertz CT molecular complexity index is 773. The lowest BCUT2D eigenvalue weighted by Gasteiger charge is -2.08. The number of nitrogens with two attached hydrogens (primary N) is 1. The number of rotatable bonds is 6. The number of carbonyl (C=O) groups is 1. The SMILES string of the molecule is NS(=O)(=O)c1ccc(OCCOC(=O)c2ccc(Br)cc2)cc1. The molecule has 0 aliphatic heterocycles. The van der Waals surface area contributed by atoms with E-state index >= 15 is 0 Å². The number of sulfonamides is 1. The van der Waals surface area contributed by atoms with Gasteiger partial charge >= 0.3 is 5.97 Å². The highest BCUT2D eigenvalue weighted by atomic mass is 79.9. The van der Waals surface area contributed by atoms with Crippen molar-refractivity contribution in [3.8, 4) is 5.75 Å². The molecule has 0 bridgehead atoms. The van der Waals surface area contributed by atoms with Gasteiger partial charge in [-0.1, -0.05) is 15.9 Å². The summed E-state index contributed by atoms with van der Waals surface area (Å²) in [5, 5.41) is 5.00. The Morgan fingerprint density at radius 2 is 1.61 bits per heavy atom. The molecule has 6 nitrogen and oxygen atoms in total. The van der Waals surface area contributed by atoms with Crippen molar-refractivity contribution >= 4 is 31.9 Å². The van der Waals surface area contributed by atoms with E-state index in [0.717, 1.165) is 4.47 Å². The summed E-state index contributed by atoms with van der Waals surface area (Å²) in [5.74, 6) is 0.0164. The highest BCUT2D eigenvalue weighted by molar-refractivity contribution is 9.10. The van der Waals surface area contributed by atoms with Crippen molar-refractivity contribution in [3.05, 3.63) is 58.6 Å². The van der Waals surface area contributed by atoms with E-state index in [0.29, 0.717) is 11.3 Å². The molecule has 122 valence electrons. The van der Waals surface area contributed by atoms with E-state index in [1.54, 1.807) is 24.3 Å². The third-order valence-electron chi connectivity index (χ3n) is 2.82. The predicted octanol–water partition coefficient (Wildman–Crippen LogP) is 2.33. The van der Waals surface area contributed by atoms with Crippen LogP contribution in [-0.2, 0) is 14.8 Å². The quantitative estimate of drug-likeness (QED) is 0.593. The van der Waals surface area contributed by atoms with Gasteiger partial charge in [-0.3, -0.25) is 0 Å². The van der Waals surface area contributed by atoms with Crippen molar-refractivity contribution in [3.63, 3.8) is 0 Å². The molecule has 0 unspecified atom stereocenters. The molecule has 2 aromatic carbocycles. The van der Waals surface area contributed by atoms with E-state index in [2.05, 4.69) is 15.9 Å². The van der Waals surface area contributed by atoms with Gasteiger partial charge < -0.3 is 9.47 Å². The Morgan fingerprint density at radius 1 is 1.00 bits per heavy atom. The van der Waals surface area contributed by atoms with Gasteiger partial charge in [0.15, 0.2) is 0 Å². The molecule has 0 aliphatic rings. The molecule has 0 fully saturated rings.